The molecule has 0 spiro atoms. The molecule has 0 aliphatic rings. The third-order valence-corrected chi connectivity index (χ3v) is 5.44. The van der Waals surface area contributed by atoms with E-state index in [2.05, 4.69) is 4.72 Å². The molecule has 3 N–H and O–H groups in total. The third-order valence-electron chi connectivity index (χ3n) is 2.81. The number of sulfonamides is 1. The second-order valence-electron chi connectivity index (χ2n) is 4.36. The van der Waals surface area contributed by atoms with E-state index in [-0.39, 0.29) is 12.2 Å². The van der Waals surface area contributed by atoms with Gasteiger partial charge in [-0.15, -0.1) is 11.3 Å². The predicted octanol–water partition coefficient (Wildman–Crippen LogP) is 2.65. The smallest absolute Gasteiger partial charge is 0.244 e. The number of nitrogens with one attached hydrogen (secondary N) is 1. The Morgan fingerprint density at radius 2 is 1.90 bits per heavy atom. The summed E-state index contributed by atoms with van der Waals surface area (Å²) in [6.45, 7) is 2.01. The second-order valence-corrected chi connectivity index (χ2v) is 7.35. The van der Waals surface area contributed by atoms with Crippen molar-refractivity contribution < 1.29 is 17.2 Å². The number of thiophene rings is 1. The van der Waals surface area contributed by atoms with Gasteiger partial charge in [0.1, 0.15) is 4.90 Å². The van der Waals surface area contributed by atoms with Crippen LogP contribution in [0.5, 0.6) is 0 Å². The Balaban J connectivity index is 2.22. The number of rotatable bonds is 5. The lowest BCUT2D eigenvalue weighted by Gasteiger charge is -2.08. The van der Waals surface area contributed by atoms with Gasteiger partial charge in [-0.1, -0.05) is 6.92 Å². The van der Waals surface area contributed by atoms with Crippen molar-refractivity contribution in [3.05, 3.63) is 45.7 Å². The summed E-state index contributed by atoms with van der Waals surface area (Å²) in [4.78, 5) is 1.12. The maximum Gasteiger partial charge on any atom is 0.244 e. The van der Waals surface area contributed by atoms with Gasteiger partial charge in [-0.25, -0.2) is 21.9 Å². The standard InChI is InChI=1S/C13H14F2N2O2S2/c1-2-9-3-4-10(20-9)7-17-21(18,19)12-6-8(16)5-11(14)13(12)15/h3-6,17H,2,7,16H2,1H3. The van der Waals surface area contributed by atoms with Crippen LogP contribution >= 0.6 is 11.3 Å². The highest BCUT2D eigenvalue weighted by Crippen LogP contribution is 2.22. The lowest BCUT2D eigenvalue weighted by molar-refractivity contribution is 0.484. The van der Waals surface area contributed by atoms with Crippen LogP contribution < -0.4 is 10.5 Å². The Bertz CT molecular complexity index is 758. The van der Waals surface area contributed by atoms with Crippen LogP contribution in [-0.4, -0.2) is 8.42 Å². The number of nitrogens with two attached hydrogens (primary N) is 1. The molecule has 21 heavy (non-hydrogen) atoms. The fourth-order valence-electron chi connectivity index (χ4n) is 1.73. The van der Waals surface area contributed by atoms with Crippen molar-refractivity contribution in [1.82, 2.24) is 4.72 Å². The minimum atomic E-state index is -4.17. The highest BCUT2D eigenvalue weighted by molar-refractivity contribution is 7.89. The topological polar surface area (TPSA) is 72.2 Å². The molecule has 0 saturated carbocycles. The van der Waals surface area contributed by atoms with Gasteiger partial charge in [0.25, 0.3) is 0 Å². The summed E-state index contributed by atoms with van der Waals surface area (Å²) in [6.07, 6.45) is 0.854. The zero-order chi connectivity index (χ0) is 15.6. The summed E-state index contributed by atoms with van der Waals surface area (Å²) < 4.78 is 53.2. The Morgan fingerprint density at radius 1 is 1.24 bits per heavy atom. The number of hydrogen-bond donors (Lipinski definition) is 2. The molecule has 8 heteroatoms. The summed E-state index contributed by atoms with van der Waals surface area (Å²) >= 11 is 1.46. The number of benzene rings is 1. The Labute approximate surface area is 125 Å². The van der Waals surface area contributed by atoms with Gasteiger partial charge in [0.15, 0.2) is 11.6 Å². The van der Waals surface area contributed by atoms with Gasteiger partial charge < -0.3 is 5.73 Å². The van der Waals surface area contributed by atoms with Crippen LogP contribution in [0, 0.1) is 11.6 Å². The van der Waals surface area contributed by atoms with Gasteiger partial charge in [0.05, 0.1) is 0 Å². The molecule has 0 saturated heterocycles. The second kappa shape index (κ2) is 6.08. The van der Waals surface area contributed by atoms with Gasteiger partial charge in [-0.05, 0) is 30.7 Å². The van der Waals surface area contributed by atoms with Gasteiger partial charge in [-0.2, -0.15) is 0 Å². The van der Waals surface area contributed by atoms with Crippen LogP contribution in [0.25, 0.3) is 0 Å². The first kappa shape index (κ1) is 15.9. The van der Waals surface area contributed by atoms with Gasteiger partial charge >= 0.3 is 0 Å². The zero-order valence-corrected chi connectivity index (χ0v) is 12.8. The fraction of sp³-hybridized carbons (Fsp3) is 0.231. The quantitative estimate of drug-likeness (QED) is 0.827. The Kier molecular flexibility index (Phi) is 4.60. The number of nitrogen functional groups attached to an aromatic ring is 1. The minimum Gasteiger partial charge on any atom is -0.399 e. The molecule has 0 radical (unpaired) electrons. The first-order valence-electron chi connectivity index (χ1n) is 6.15. The maximum absolute atomic E-state index is 13.6. The highest BCUT2D eigenvalue weighted by atomic mass is 32.2. The van der Waals surface area contributed by atoms with Crippen LogP contribution in [-0.2, 0) is 23.0 Å². The Hall–Kier alpha value is -1.51. The zero-order valence-electron chi connectivity index (χ0n) is 11.2. The van der Waals surface area contributed by atoms with Crippen molar-refractivity contribution in [1.29, 1.82) is 0 Å². The molecule has 2 rings (SSSR count). The van der Waals surface area contributed by atoms with Crippen molar-refractivity contribution in [2.24, 2.45) is 0 Å². The van der Waals surface area contributed by atoms with Crippen molar-refractivity contribution >= 4 is 27.0 Å². The molecule has 0 atom stereocenters. The summed E-state index contributed by atoms with van der Waals surface area (Å²) in [5.74, 6) is -2.73. The van der Waals surface area contributed by atoms with Crippen molar-refractivity contribution in [3.8, 4) is 0 Å². The first-order chi connectivity index (χ1) is 9.83. The van der Waals surface area contributed by atoms with E-state index in [9.17, 15) is 17.2 Å². The molecule has 0 aliphatic carbocycles. The summed E-state index contributed by atoms with van der Waals surface area (Å²) in [6, 6.07) is 5.32. The average molecular weight is 332 g/mol. The predicted molar refractivity (Wildman–Crippen MR) is 78.5 cm³/mol. The van der Waals surface area contributed by atoms with E-state index in [1.165, 1.54) is 11.3 Å². The molecule has 2 aromatic rings. The van der Waals surface area contributed by atoms with Crippen LogP contribution in [0.4, 0.5) is 14.5 Å². The SMILES string of the molecule is CCc1ccc(CNS(=O)(=O)c2cc(N)cc(F)c2F)s1. The molecular weight excluding hydrogens is 318 g/mol. The third kappa shape index (κ3) is 3.58. The largest absolute Gasteiger partial charge is 0.399 e. The summed E-state index contributed by atoms with van der Waals surface area (Å²) in [5.41, 5.74) is 5.20. The molecule has 114 valence electrons. The average Bonchev–Trinajstić information content (AvgIpc) is 2.88. The summed E-state index contributed by atoms with van der Waals surface area (Å²) in [7, 11) is -4.17. The van der Waals surface area contributed by atoms with E-state index in [1.807, 2.05) is 13.0 Å². The Morgan fingerprint density at radius 3 is 2.52 bits per heavy atom. The molecule has 0 unspecified atom stereocenters. The lowest BCUT2D eigenvalue weighted by atomic mass is 10.3. The van der Waals surface area contributed by atoms with Crippen LogP contribution in [0.2, 0.25) is 0 Å². The van der Waals surface area contributed by atoms with Gasteiger partial charge in [0.2, 0.25) is 10.0 Å². The van der Waals surface area contributed by atoms with Crippen LogP contribution in [0.3, 0.4) is 0 Å². The van der Waals surface area contributed by atoms with Gasteiger partial charge in [-0.3, -0.25) is 0 Å². The molecule has 0 bridgehead atoms. The number of hydrogen-bond acceptors (Lipinski definition) is 4. The van der Waals surface area contributed by atoms with Crippen molar-refractivity contribution in [2.45, 2.75) is 24.8 Å². The fourth-order valence-corrected chi connectivity index (χ4v) is 3.85. The van der Waals surface area contributed by atoms with E-state index < -0.39 is 26.6 Å². The van der Waals surface area contributed by atoms with Crippen LogP contribution in [0.1, 0.15) is 16.7 Å². The van der Waals surface area contributed by atoms with E-state index in [0.29, 0.717) is 0 Å². The van der Waals surface area contributed by atoms with Gasteiger partial charge in [0, 0.05) is 22.0 Å². The first-order valence-corrected chi connectivity index (χ1v) is 8.45. The molecule has 4 nitrogen and oxygen atoms in total. The maximum atomic E-state index is 13.6. The highest BCUT2D eigenvalue weighted by Gasteiger charge is 2.22. The lowest BCUT2D eigenvalue weighted by Crippen LogP contribution is -2.24. The number of aryl methyl sites for hydroxylation is 1. The number of halogens is 2. The number of anilines is 1. The molecule has 0 amide bonds. The molecule has 0 fully saturated rings. The molecule has 1 aromatic carbocycles. The minimum absolute atomic E-state index is 0.0167. The normalized spacial score (nSPS) is 11.8. The van der Waals surface area contributed by atoms with E-state index in [0.717, 1.165) is 28.3 Å². The molecule has 1 aromatic heterocycles. The monoisotopic (exact) mass is 332 g/mol. The molecule has 1 heterocycles. The van der Waals surface area contributed by atoms with Crippen molar-refractivity contribution in [3.63, 3.8) is 0 Å². The summed E-state index contributed by atoms with van der Waals surface area (Å²) in [5, 5.41) is 0. The molecular formula is C13H14F2N2O2S2. The van der Waals surface area contributed by atoms with E-state index in [4.69, 9.17) is 5.73 Å². The van der Waals surface area contributed by atoms with E-state index in [1.54, 1.807) is 6.07 Å². The molecule has 0 aliphatic heterocycles. The van der Waals surface area contributed by atoms with Crippen LogP contribution in [0.15, 0.2) is 29.2 Å². The van der Waals surface area contributed by atoms with E-state index >= 15 is 0 Å². The van der Waals surface area contributed by atoms with Crippen molar-refractivity contribution in [2.75, 3.05) is 5.73 Å².